The normalized spacial score (nSPS) is 17.2. The average Bonchev–Trinajstić information content (AvgIpc) is 2.38. The molecule has 1 aliphatic rings. The van der Waals surface area contributed by atoms with Crippen molar-refractivity contribution >= 4 is 18.1 Å². The number of aryl methyl sites for hydroxylation is 1. The van der Waals surface area contributed by atoms with Gasteiger partial charge in [-0.05, 0) is 51.3 Å². The van der Waals surface area contributed by atoms with Crippen LogP contribution in [0.4, 0.5) is 11.4 Å². The molecule has 3 heteroatoms. The summed E-state index contributed by atoms with van der Waals surface area (Å²) in [6, 6.07) is 6.98. The molecule has 1 aromatic rings. The fourth-order valence-corrected chi connectivity index (χ4v) is 2.57. The van der Waals surface area contributed by atoms with E-state index >= 15 is 0 Å². The van der Waals surface area contributed by atoms with E-state index in [9.17, 15) is 0 Å². The van der Waals surface area contributed by atoms with E-state index in [0.717, 1.165) is 31.9 Å². The van der Waals surface area contributed by atoms with Gasteiger partial charge < -0.3 is 4.90 Å². The van der Waals surface area contributed by atoms with E-state index in [2.05, 4.69) is 54.4 Å². The third kappa shape index (κ3) is 2.72. The lowest BCUT2D eigenvalue weighted by atomic mass is 10.1. The minimum absolute atomic E-state index is 0.653. The summed E-state index contributed by atoms with van der Waals surface area (Å²) in [7, 11) is 0. The summed E-state index contributed by atoms with van der Waals surface area (Å²) in [6.45, 7) is 14.8. The molecule has 1 fully saturated rings. The van der Waals surface area contributed by atoms with E-state index in [4.69, 9.17) is 0 Å². The molecule has 1 aliphatic heterocycles. The Labute approximate surface area is 110 Å². The van der Waals surface area contributed by atoms with Crippen LogP contribution in [0, 0.1) is 6.92 Å². The van der Waals surface area contributed by atoms with Crippen LogP contribution < -0.4 is 4.90 Å². The summed E-state index contributed by atoms with van der Waals surface area (Å²) in [6.07, 6.45) is 0. The zero-order valence-electron chi connectivity index (χ0n) is 11.7. The van der Waals surface area contributed by atoms with E-state index in [0.29, 0.717) is 6.04 Å². The fraction of sp³-hybridized carbons (Fsp3) is 0.533. The van der Waals surface area contributed by atoms with Gasteiger partial charge in [-0.2, -0.15) is 0 Å². The second kappa shape index (κ2) is 5.53. The molecule has 18 heavy (non-hydrogen) atoms. The summed E-state index contributed by atoms with van der Waals surface area (Å²) < 4.78 is 0. The first kappa shape index (κ1) is 13.1. The van der Waals surface area contributed by atoms with E-state index in [1.54, 1.807) is 0 Å². The molecule has 1 saturated heterocycles. The van der Waals surface area contributed by atoms with Crippen LogP contribution in [-0.4, -0.2) is 43.8 Å². The van der Waals surface area contributed by atoms with Gasteiger partial charge in [-0.15, -0.1) is 0 Å². The molecule has 98 valence electrons. The van der Waals surface area contributed by atoms with Crippen LogP contribution in [0.2, 0.25) is 0 Å². The number of hydrogen-bond donors (Lipinski definition) is 0. The molecule has 0 atom stereocenters. The Kier molecular flexibility index (Phi) is 4.02. The molecule has 0 amide bonds. The molecule has 0 saturated carbocycles. The zero-order valence-corrected chi connectivity index (χ0v) is 11.7. The van der Waals surface area contributed by atoms with Crippen LogP contribution in [0.3, 0.4) is 0 Å². The first-order valence-electron chi connectivity index (χ1n) is 6.68. The van der Waals surface area contributed by atoms with Gasteiger partial charge in [-0.1, -0.05) is 0 Å². The summed E-state index contributed by atoms with van der Waals surface area (Å²) >= 11 is 0. The van der Waals surface area contributed by atoms with Crippen LogP contribution in [0.5, 0.6) is 0 Å². The van der Waals surface area contributed by atoms with E-state index < -0.39 is 0 Å². The predicted octanol–water partition coefficient (Wildman–Crippen LogP) is 2.86. The predicted molar refractivity (Wildman–Crippen MR) is 79.3 cm³/mol. The smallest absolute Gasteiger partial charge is 0.0626 e. The van der Waals surface area contributed by atoms with Crippen molar-refractivity contribution in [3.63, 3.8) is 0 Å². The van der Waals surface area contributed by atoms with Crippen molar-refractivity contribution in [3.05, 3.63) is 23.8 Å². The molecule has 0 spiro atoms. The maximum atomic E-state index is 3.98. The van der Waals surface area contributed by atoms with Gasteiger partial charge in [0, 0.05) is 37.9 Å². The second-order valence-electron chi connectivity index (χ2n) is 5.25. The van der Waals surface area contributed by atoms with Gasteiger partial charge >= 0.3 is 0 Å². The number of anilines is 1. The molecular weight excluding hydrogens is 222 g/mol. The Morgan fingerprint density at radius 1 is 1.17 bits per heavy atom. The van der Waals surface area contributed by atoms with Crippen molar-refractivity contribution in [3.8, 4) is 0 Å². The largest absolute Gasteiger partial charge is 0.369 e. The topological polar surface area (TPSA) is 18.8 Å². The van der Waals surface area contributed by atoms with Crippen LogP contribution in [-0.2, 0) is 0 Å². The Hall–Kier alpha value is -1.35. The number of piperazine rings is 1. The third-order valence-corrected chi connectivity index (χ3v) is 3.75. The minimum atomic E-state index is 0.653. The molecule has 0 aliphatic carbocycles. The highest BCUT2D eigenvalue weighted by atomic mass is 15.3. The van der Waals surface area contributed by atoms with Gasteiger partial charge in [0.15, 0.2) is 0 Å². The van der Waals surface area contributed by atoms with Gasteiger partial charge in [-0.25, -0.2) is 0 Å². The Bertz CT molecular complexity index is 418. The molecular formula is C15H23N3. The van der Waals surface area contributed by atoms with Crippen molar-refractivity contribution in [1.29, 1.82) is 0 Å². The van der Waals surface area contributed by atoms with Gasteiger partial charge in [0.2, 0.25) is 0 Å². The average molecular weight is 245 g/mol. The number of nitrogens with zero attached hydrogens (tertiary/aromatic N) is 3. The molecule has 3 nitrogen and oxygen atoms in total. The number of benzene rings is 1. The number of hydrogen-bond acceptors (Lipinski definition) is 3. The number of rotatable bonds is 3. The Morgan fingerprint density at radius 2 is 1.83 bits per heavy atom. The summed E-state index contributed by atoms with van der Waals surface area (Å²) in [5.74, 6) is 0. The molecule has 1 heterocycles. The van der Waals surface area contributed by atoms with Crippen molar-refractivity contribution in [2.75, 3.05) is 31.1 Å². The quantitative estimate of drug-likeness (QED) is 0.763. The standard InChI is InChI=1S/C15H23N3/c1-12(2)17-7-9-18(10-8-17)15-6-5-14(16-4)11-13(15)3/h5-6,11-12H,4,7-10H2,1-3H3. The minimum Gasteiger partial charge on any atom is -0.369 e. The Morgan fingerprint density at radius 3 is 2.33 bits per heavy atom. The number of aliphatic imine (C=N–C) groups is 1. The molecule has 1 aromatic carbocycles. The van der Waals surface area contributed by atoms with Gasteiger partial charge in [0.25, 0.3) is 0 Å². The summed E-state index contributed by atoms with van der Waals surface area (Å²) in [5.41, 5.74) is 3.58. The van der Waals surface area contributed by atoms with Crippen LogP contribution in [0.1, 0.15) is 19.4 Å². The highest BCUT2D eigenvalue weighted by Crippen LogP contribution is 2.25. The maximum Gasteiger partial charge on any atom is 0.0626 e. The lowest BCUT2D eigenvalue weighted by Gasteiger charge is -2.38. The van der Waals surface area contributed by atoms with Crippen LogP contribution in [0.15, 0.2) is 23.2 Å². The highest BCUT2D eigenvalue weighted by molar-refractivity contribution is 5.60. The highest BCUT2D eigenvalue weighted by Gasteiger charge is 2.19. The van der Waals surface area contributed by atoms with Crippen molar-refractivity contribution in [1.82, 2.24) is 4.90 Å². The van der Waals surface area contributed by atoms with Gasteiger partial charge in [0.1, 0.15) is 0 Å². The fourth-order valence-electron chi connectivity index (χ4n) is 2.57. The SMILES string of the molecule is C=Nc1ccc(N2CCN(C(C)C)CC2)c(C)c1. The van der Waals surface area contributed by atoms with Gasteiger partial charge in [0.05, 0.1) is 5.69 Å². The molecule has 0 aromatic heterocycles. The lowest BCUT2D eigenvalue weighted by Crippen LogP contribution is -2.49. The van der Waals surface area contributed by atoms with Crippen molar-refractivity contribution < 1.29 is 0 Å². The maximum absolute atomic E-state index is 3.98. The molecule has 0 unspecified atom stereocenters. The van der Waals surface area contributed by atoms with E-state index in [1.807, 2.05) is 6.07 Å². The van der Waals surface area contributed by atoms with Crippen LogP contribution >= 0.6 is 0 Å². The van der Waals surface area contributed by atoms with Crippen LogP contribution in [0.25, 0.3) is 0 Å². The monoisotopic (exact) mass is 245 g/mol. The molecule has 2 rings (SSSR count). The van der Waals surface area contributed by atoms with Crippen molar-refractivity contribution in [2.45, 2.75) is 26.8 Å². The third-order valence-electron chi connectivity index (χ3n) is 3.75. The lowest BCUT2D eigenvalue weighted by molar-refractivity contribution is 0.209. The zero-order chi connectivity index (χ0) is 13.1. The first-order chi connectivity index (χ1) is 8.61. The first-order valence-corrected chi connectivity index (χ1v) is 6.68. The van der Waals surface area contributed by atoms with Gasteiger partial charge in [-0.3, -0.25) is 9.89 Å². The second-order valence-corrected chi connectivity index (χ2v) is 5.25. The molecule has 0 N–H and O–H groups in total. The van der Waals surface area contributed by atoms with Crippen molar-refractivity contribution in [2.24, 2.45) is 4.99 Å². The Balaban J connectivity index is 2.07. The molecule has 0 radical (unpaired) electrons. The van der Waals surface area contributed by atoms with E-state index in [1.165, 1.54) is 11.3 Å². The summed E-state index contributed by atoms with van der Waals surface area (Å²) in [5, 5.41) is 0. The van der Waals surface area contributed by atoms with E-state index in [-0.39, 0.29) is 0 Å². The molecule has 0 bridgehead atoms. The summed E-state index contributed by atoms with van der Waals surface area (Å²) in [4.78, 5) is 8.98.